The Hall–Kier alpha value is -2.74. The topological polar surface area (TPSA) is 116 Å². The minimum Gasteiger partial charge on any atom is -0.390 e. The SMILES string of the molecule is NCc1cccc(C2CCN(C(=O)c3cccc(NC(=O)[C@@H]4CC5CC4[C@H](O)[C@@H]5O)c3)CC2)c1. The number of carbonyl (C=O) groups is 2. The minimum absolute atomic E-state index is 0.00984. The van der Waals surface area contributed by atoms with Crippen LogP contribution in [0.1, 0.15) is 53.1 Å². The number of amides is 2. The highest BCUT2D eigenvalue weighted by atomic mass is 16.3. The standard InChI is InChI=1S/C27H33N3O4/c28-15-16-3-1-4-18(11-16)17-7-9-30(10-8-17)27(34)19-5-2-6-21(12-19)29-26(33)23-14-20-13-22(23)25(32)24(20)31/h1-6,11-12,17,20,22-25,31-32H,7-10,13-15,28H2,(H,29,33)/t20?,22?,23-,24-,25+/m1/s1. The summed E-state index contributed by atoms with van der Waals surface area (Å²) in [7, 11) is 0. The lowest BCUT2D eigenvalue weighted by Gasteiger charge is -2.32. The number of nitrogens with zero attached hydrogens (tertiary/aromatic N) is 1. The van der Waals surface area contributed by atoms with Crippen molar-refractivity contribution in [3.8, 4) is 0 Å². The molecule has 5 atom stereocenters. The third-order valence-electron chi connectivity index (χ3n) is 8.07. The molecule has 2 amide bonds. The zero-order chi connectivity index (χ0) is 23.8. The first kappa shape index (κ1) is 23.0. The Labute approximate surface area is 200 Å². The molecular weight excluding hydrogens is 430 g/mol. The molecule has 5 rings (SSSR count). The van der Waals surface area contributed by atoms with Gasteiger partial charge in [-0.3, -0.25) is 9.59 Å². The fraction of sp³-hybridized carbons (Fsp3) is 0.481. The number of aliphatic hydroxyl groups is 2. The normalized spacial score (nSPS) is 28.8. The third kappa shape index (κ3) is 4.35. The number of hydrogen-bond donors (Lipinski definition) is 4. The van der Waals surface area contributed by atoms with E-state index in [-0.39, 0.29) is 29.6 Å². The van der Waals surface area contributed by atoms with Crippen LogP contribution in [0, 0.1) is 17.8 Å². The van der Waals surface area contributed by atoms with Gasteiger partial charge in [0.05, 0.1) is 12.2 Å². The zero-order valence-corrected chi connectivity index (χ0v) is 19.3. The van der Waals surface area contributed by atoms with Crippen molar-refractivity contribution in [2.45, 2.75) is 50.4 Å². The number of nitrogens with two attached hydrogens (primary N) is 1. The Kier molecular flexibility index (Phi) is 6.42. The molecule has 2 aromatic carbocycles. The number of anilines is 1. The highest BCUT2D eigenvalue weighted by Gasteiger charge is 2.53. The van der Waals surface area contributed by atoms with Crippen molar-refractivity contribution in [3.63, 3.8) is 0 Å². The van der Waals surface area contributed by atoms with Gasteiger partial charge in [0.25, 0.3) is 5.91 Å². The Morgan fingerprint density at radius 2 is 1.76 bits per heavy atom. The minimum atomic E-state index is -0.830. The van der Waals surface area contributed by atoms with Gasteiger partial charge in [-0.15, -0.1) is 0 Å². The highest BCUT2D eigenvalue weighted by molar-refractivity contribution is 5.98. The average molecular weight is 464 g/mol. The summed E-state index contributed by atoms with van der Waals surface area (Å²) in [6, 6.07) is 15.5. The van der Waals surface area contributed by atoms with E-state index in [9.17, 15) is 19.8 Å². The molecule has 2 aliphatic carbocycles. The lowest BCUT2D eigenvalue weighted by molar-refractivity contribution is -0.125. The van der Waals surface area contributed by atoms with Gasteiger partial charge in [-0.05, 0) is 72.8 Å². The summed E-state index contributed by atoms with van der Waals surface area (Å²) in [5.41, 5.74) is 9.34. The summed E-state index contributed by atoms with van der Waals surface area (Å²) in [6.45, 7) is 1.92. The summed E-state index contributed by atoms with van der Waals surface area (Å²) in [5, 5.41) is 23.1. The summed E-state index contributed by atoms with van der Waals surface area (Å²) >= 11 is 0. The van der Waals surface area contributed by atoms with Gasteiger partial charge in [0, 0.05) is 36.8 Å². The molecule has 180 valence electrons. The van der Waals surface area contributed by atoms with Crippen molar-refractivity contribution in [2.24, 2.45) is 23.5 Å². The monoisotopic (exact) mass is 463 g/mol. The Morgan fingerprint density at radius 3 is 2.47 bits per heavy atom. The first-order chi connectivity index (χ1) is 16.4. The fourth-order valence-corrected chi connectivity index (χ4v) is 6.14. The molecule has 1 heterocycles. The van der Waals surface area contributed by atoms with Crippen LogP contribution in [0.25, 0.3) is 0 Å². The summed E-state index contributed by atoms with van der Waals surface area (Å²) in [4.78, 5) is 27.9. The molecule has 0 radical (unpaired) electrons. The van der Waals surface area contributed by atoms with Crippen LogP contribution in [0.2, 0.25) is 0 Å². The van der Waals surface area contributed by atoms with Gasteiger partial charge in [0.15, 0.2) is 0 Å². The summed E-state index contributed by atoms with van der Waals surface area (Å²) in [6.07, 6.45) is 1.55. The molecule has 5 N–H and O–H groups in total. The maximum absolute atomic E-state index is 13.2. The maximum Gasteiger partial charge on any atom is 0.253 e. The van der Waals surface area contributed by atoms with E-state index < -0.39 is 12.2 Å². The second-order valence-corrected chi connectivity index (χ2v) is 10.1. The predicted molar refractivity (Wildman–Crippen MR) is 129 cm³/mol. The second kappa shape index (κ2) is 9.49. The number of piperidine rings is 1. The van der Waals surface area contributed by atoms with Gasteiger partial charge >= 0.3 is 0 Å². The lowest BCUT2D eigenvalue weighted by Crippen LogP contribution is -2.41. The van der Waals surface area contributed by atoms with E-state index in [1.807, 2.05) is 17.0 Å². The van der Waals surface area contributed by atoms with Crippen LogP contribution in [-0.4, -0.2) is 52.2 Å². The Bertz CT molecular complexity index is 1060. The van der Waals surface area contributed by atoms with Gasteiger partial charge in [-0.1, -0.05) is 30.3 Å². The van der Waals surface area contributed by atoms with Gasteiger partial charge in [0.1, 0.15) is 0 Å². The number of nitrogens with one attached hydrogen (secondary N) is 1. The molecule has 2 bridgehead atoms. The zero-order valence-electron chi connectivity index (χ0n) is 19.3. The Balaban J connectivity index is 1.19. The molecule has 3 fully saturated rings. The van der Waals surface area contributed by atoms with Crippen LogP contribution in [0.4, 0.5) is 5.69 Å². The van der Waals surface area contributed by atoms with E-state index in [2.05, 4.69) is 17.4 Å². The van der Waals surface area contributed by atoms with Gasteiger partial charge < -0.3 is 26.2 Å². The van der Waals surface area contributed by atoms with Gasteiger partial charge in [-0.2, -0.15) is 0 Å². The molecule has 3 aliphatic rings. The molecule has 2 unspecified atom stereocenters. The predicted octanol–water partition coefficient (Wildman–Crippen LogP) is 2.48. The van der Waals surface area contributed by atoms with Crippen molar-refractivity contribution in [2.75, 3.05) is 18.4 Å². The first-order valence-electron chi connectivity index (χ1n) is 12.3. The van der Waals surface area contributed by atoms with Crippen LogP contribution in [0.3, 0.4) is 0 Å². The molecule has 1 saturated heterocycles. The number of carbonyl (C=O) groups excluding carboxylic acids is 2. The second-order valence-electron chi connectivity index (χ2n) is 10.1. The average Bonchev–Trinajstić information content (AvgIpc) is 3.43. The highest BCUT2D eigenvalue weighted by Crippen LogP contribution is 2.49. The molecule has 0 spiro atoms. The van der Waals surface area contributed by atoms with Crippen LogP contribution < -0.4 is 11.1 Å². The Morgan fingerprint density at radius 1 is 1.00 bits per heavy atom. The molecule has 2 saturated carbocycles. The molecule has 2 aromatic rings. The first-order valence-corrected chi connectivity index (χ1v) is 12.3. The lowest BCUT2D eigenvalue weighted by atomic mass is 9.84. The number of likely N-dealkylation sites (tertiary alicyclic amines) is 1. The number of benzene rings is 2. The van der Waals surface area contributed by atoms with Crippen LogP contribution in [-0.2, 0) is 11.3 Å². The quantitative estimate of drug-likeness (QED) is 0.544. The van der Waals surface area contributed by atoms with E-state index in [0.717, 1.165) is 18.4 Å². The molecule has 1 aliphatic heterocycles. The number of rotatable bonds is 5. The third-order valence-corrected chi connectivity index (χ3v) is 8.07. The van der Waals surface area contributed by atoms with E-state index in [4.69, 9.17) is 5.73 Å². The van der Waals surface area contributed by atoms with Crippen LogP contribution >= 0.6 is 0 Å². The van der Waals surface area contributed by atoms with Crippen LogP contribution in [0.15, 0.2) is 48.5 Å². The molecular formula is C27H33N3O4. The molecule has 7 nitrogen and oxygen atoms in total. The molecule has 7 heteroatoms. The van der Waals surface area contributed by atoms with Crippen molar-refractivity contribution in [1.82, 2.24) is 4.90 Å². The van der Waals surface area contributed by atoms with E-state index in [0.29, 0.717) is 49.6 Å². The van der Waals surface area contributed by atoms with Crippen molar-refractivity contribution in [1.29, 1.82) is 0 Å². The largest absolute Gasteiger partial charge is 0.390 e. The van der Waals surface area contributed by atoms with Crippen molar-refractivity contribution < 1.29 is 19.8 Å². The summed E-state index contributed by atoms with van der Waals surface area (Å²) in [5.74, 6) is -0.260. The van der Waals surface area contributed by atoms with Gasteiger partial charge in [0.2, 0.25) is 5.91 Å². The van der Waals surface area contributed by atoms with Crippen LogP contribution in [0.5, 0.6) is 0 Å². The van der Waals surface area contributed by atoms with E-state index >= 15 is 0 Å². The summed E-state index contributed by atoms with van der Waals surface area (Å²) < 4.78 is 0. The fourth-order valence-electron chi connectivity index (χ4n) is 6.14. The van der Waals surface area contributed by atoms with E-state index in [1.165, 1.54) is 5.56 Å². The smallest absolute Gasteiger partial charge is 0.253 e. The molecule has 0 aromatic heterocycles. The number of aliphatic hydroxyl groups excluding tert-OH is 2. The van der Waals surface area contributed by atoms with E-state index in [1.54, 1.807) is 24.3 Å². The van der Waals surface area contributed by atoms with Gasteiger partial charge in [-0.25, -0.2) is 0 Å². The maximum atomic E-state index is 13.2. The number of fused-ring (bicyclic) bond motifs is 2. The van der Waals surface area contributed by atoms with Crippen molar-refractivity contribution in [3.05, 3.63) is 65.2 Å². The molecule has 34 heavy (non-hydrogen) atoms. The number of hydrogen-bond acceptors (Lipinski definition) is 5. The van der Waals surface area contributed by atoms with Crippen molar-refractivity contribution >= 4 is 17.5 Å².